The molecular formula is C8H5F3N2O3. The summed E-state index contributed by atoms with van der Waals surface area (Å²) in [7, 11) is 0. The Hall–Kier alpha value is -2.12. The molecule has 1 aromatic carbocycles. The number of non-ortho nitro benzene ring substituents is 1. The average molecular weight is 234 g/mol. The molecule has 1 N–H and O–H groups in total. The fourth-order valence-corrected chi connectivity index (χ4v) is 1.04. The molecule has 0 bridgehead atoms. The maximum absolute atomic E-state index is 12.3. The molecule has 0 amide bonds. The fraction of sp³-hybridized carbons (Fsp3) is 0.125. The molecule has 0 atom stereocenters. The van der Waals surface area contributed by atoms with Crippen LogP contribution in [0.2, 0.25) is 0 Å². The summed E-state index contributed by atoms with van der Waals surface area (Å²) in [5.41, 5.74) is -2.65. The van der Waals surface area contributed by atoms with Crippen molar-refractivity contribution in [2.24, 2.45) is 5.16 Å². The minimum Gasteiger partial charge on any atom is -0.410 e. The van der Waals surface area contributed by atoms with Crippen LogP contribution in [0.5, 0.6) is 0 Å². The second kappa shape index (κ2) is 4.17. The Kier molecular flexibility index (Phi) is 3.11. The molecule has 0 saturated heterocycles. The van der Waals surface area contributed by atoms with Crippen molar-refractivity contribution in [3.05, 3.63) is 39.9 Å². The van der Waals surface area contributed by atoms with Crippen molar-refractivity contribution < 1.29 is 23.3 Å². The van der Waals surface area contributed by atoms with Crippen LogP contribution in [0.1, 0.15) is 5.56 Å². The van der Waals surface area contributed by atoms with Crippen LogP contribution >= 0.6 is 0 Å². The molecule has 1 aromatic rings. The molecule has 0 spiro atoms. The number of benzene rings is 1. The van der Waals surface area contributed by atoms with Gasteiger partial charge in [-0.15, -0.1) is 0 Å². The van der Waals surface area contributed by atoms with Crippen molar-refractivity contribution in [1.29, 1.82) is 0 Å². The lowest BCUT2D eigenvalue weighted by molar-refractivity contribution is -0.384. The van der Waals surface area contributed by atoms with Gasteiger partial charge >= 0.3 is 6.18 Å². The predicted molar refractivity (Wildman–Crippen MR) is 47.5 cm³/mol. The van der Waals surface area contributed by atoms with E-state index in [0.29, 0.717) is 6.07 Å². The molecule has 0 aromatic heterocycles. The van der Waals surface area contributed by atoms with Gasteiger partial charge in [-0.3, -0.25) is 10.1 Å². The minimum atomic E-state index is -4.87. The van der Waals surface area contributed by atoms with Crippen molar-refractivity contribution in [3.8, 4) is 0 Å². The van der Waals surface area contributed by atoms with Gasteiger partial charge < -0.3 is 5.21 Å². The first kappa shape index (κ1) is 12.0. The van der Waals surface area contributed by atoms with Crippen LogP contribution in [0.25, 0.3) is 0 Å². The Bertz CT molecular complexity index is 442. The van der Waals surface area contributed by atoms with Gasteiger partial charge in [-0.1, -0.05) is 17.3 Å². The predicted octanol–water partition coefficient (Wildman–Crippen LogP) is 2.34. The second-order valence-electron chi connectivity index (χ2n) is 2.75. The molecule has 0 radical (unpaired) electrons. The summed E-state index contributed by atoms with van der Waals surface area (Å²) < 4.78 is 36.8. The third-order valence-corrected chi connectivity index (χ3v) is 1.70. The third kappa shape index (κ3) is 2.47. The Morgan fingerprint density at radius 3 is 2.50 bits per heavy atom. The molecule has 0 saturated carbocycles. The molecule has 1 rings (SSSR count). The van der Waals surface area contributed by atoms with Crippen molar-refractivity contribution >= 4 is 11.4 Å². The fourth-order valence-electron chi connectivity index (χ4n) is 1.04. The van der Waals surface area contributed by atoms with Gasteiger partial charge in [0.2, 0.25) is 0 Å². The van der Waals surface area contributed by atoms with Crippen LogP contribution in [0, 0.1) is 10.1 Å². The first-order valence-corrected chi connectivity index (χ1v) is 3.90. The smallest absolute Gasteiger partial charge is 0.410 e. The van der Waals surface area contributed by atoms with Gasteiger partial charge in [0.25, 0.3) is 5.69 Å². The molecule has 86 valence electrons. The van der Waals surface area contributed by atoms with Crippen LogP contribution in [-0.2, 0) is 0 Å². The zero-order valence-electron chi connectivity index (χ0n) is 7.60. The standard InChI is InChI=1S/C8H5F3N2O3/c9-8(10,11)7(12-14)5-2-1-3-6(4-5)13(15)16/h1-4,14H/b12-7-. The van der Waals surface area contributed by atoms with E-state index in [0.717, 1.165) is 18.2 Å². The van der Waals surface area contributed by atoms with Gasteiger partial charge in [0.1, 0.15) is 0 Å². The van der Waals surface area contributed by atoms with E-state index in [2.05, 4.69) is 5.16 Å². The Morgan fingerprint density at radius 2 is 2.06 bits per heavy atom. The quantitative estimate of drug-likeness (QED) is 0.369. The first-order valence-electron chi connectivity index (χ1n) is 3.90. The molecule has 16 heavy (non-hydrogen) atoms. The van der Waals surface area contributed by atoms with E-state index in [1.807, 2.05) is 0 Å². The van der Waals surface area contributed by atoms with Gasteiger partial charge in [0.05, 0.1) is 4.92 Å². The number of alkyl halides is 3. The van der Waals surface area contributed by atoms with E-state index >= 15 is 0 Å². The van der Waals surface area contributed by atoms with Crippen LogP contribution < -0.4 is 0 Å². The highest BCUT2D eigenvalue weighted by Gasteiger charge is 2.38. The molecule has 8 heteroatoms. The van der Waals surface area contributed by atoms with Gasteiger partial charge in [-0.05, 0) is 0 Å². The highest BCUT2D eigenvalue weighted by Crippen LogP contribution is 2.24. The number of nitrogens with zero attached hydrogens (tertiary/aromatic N) is 2. The van der Waals surface area contributed by atoms with Crippen molar-refractivity contribution in [3.63, 3.8) is 0 Å². The summed E-state index contributed by atoms with van der Waals surface area (Å²) in [4.78, 5) is 9.50. The van der Waals surface area contributed by atoms with Gasteiger partial charge in [-0.25, -0.2) is 0 Å². The maximum Gasteiger partial charge on any atom is 0.437 e. The normalized spacial score (nSPS) is 12.6. The van der Waals surface area contributed by atoms with Crippen molar-refractivity contribution in [2.45, 2.75) is 6.18 Å². The van der Waals surface area contributed by atoms with E-state index in [-0.39, 0.29) is 0 Å². The second-order valence-corrected chi connectivity index (χ2v) is 2.75. The highest BCUT2D eigenvalue weighted by molar-refractivity contribution is 6.04. The molecule has 5 nitrogen and oxygen atoms in total. The first-order chi connectivity index (χ1) is 7.36. The Morgan fingerprint density at radius 1 is 1.44 bits per heavy atom. The zero-order chi connectivity index (χ0) is 12.3. The van der Waals surface area contributed by atoms with Crippen LogP contribution in [0.15, 0.2) is 29.4 Å². The Labute approximate surface area is 87.0 Å². The van der Waals surface area contributed by atoms with E-state index < -0.39 is 28.1 Å². The van der Waals surface area contributed by atoms with Crippen LogP contribution in [0.4, 0.5) is 18.9 Å². The minimum absolute atomic E-state index is 0.511. The zero-order valence-corrected chi connectivity index (χ0v) is 7.60. The summed E-state index contributed by atoms with van der Waals surface area (Å²) >= 11 is 0. The summed E-state index contributed by atoms with van der Waals surface area (Å²) in [6, 6.07) is 3.76. The monoisotopic (exact) mass is 234 g/mol. The summed E-state index contributed by atoms with van der Waals surface area (Å²) in [5, 5.41) is 20.7. The van der Waals surface area contributed by atoms with E-state index in [9.17, 15) is 23.3 Å². The molecular weight excluding hydrogens is 229 g/mol. The van der Waals surface area contributed by atoms with E-state index in [1.54, 1.807) is 0 Å². The number of hydrogen-bond donors (Lipinski definition) is 1. The van der Waals surface area contributed by atoms with Crippen molar-refractivity contribution in [1.82, 2.24) is 0 Å². The SMILES string of the molecule is O=[N+]([O-])c1cccc(/C(=N/O)C(F)(F)F)c1. The van der Waals surface area contributed by atoms with Crippen molar-refractivity contribution in [2.75, 3.05) is 0 Å². The third-order valence-electron chi connectivity index (χ3n) is 1.70. The van der Waals surface area contributed by atoms with Crippen LogP contribution in [0.3, 0.4) is 0 Å². The Balaban J connectivity index is 3.23. The number of oxime groups is 1. The molecule has 0 fully saturated rings. The van der Waals surface area contributed by atoms with E-state index in [4.69, 9.17) is 5.21 Å². The van der Waals surface area contributed by atoms with Gasteiger partial charge in [-0.2, -0.15) is 13.2 Å². The van der Waals surface area contributed by atoms with Crippen LogP contribution in [-0.4, -0.2) is 22.0 Å². The lowest BCUT2D eigenvalue weighted by Crippen LogP contribution is -2.24. The number of nitro groups is 1. The van der Waals surface area contributed by atoms with Gasteiger partial charge in [0, 0.05) is 17.7 Å². The molecule has 0 aliphatic carbocycles. The molecule has 0 aliphatic heterocycles. The number of halogens is 3. The molecule has 0 heterocycles. The summed E-state index contributed by atoms with van der Waals surface area (Å²) in [5.74, 6) is 0. The van der Waals surface area contributed by atoms with E-state index in [1.165, 1.54) is 0 Å². The average Bonchev–Trinajstić information content (AvgIpc) is 2.17. The number of rotatable bonds is 2. The largest absolute Gasteiger partial charge is 0.437 e. The number of hydrogen-bond acceptors (Lipinski definition) is 4. The lowest BCUT2D eigenvalue weighted by Gasteiger charge is -2.07. The lowest BCUT2D eigenvalue weighted by atomic mass is 10.1. The number of nitro benzene ring substituents is 1. The molecule has 0 aliphatic rings. The maximum atomic E-state index is 12.3. The summed E-state index contributed by atoms with van der Waals surface area (Å²) in [6.07, 6.45) is -4.87. The summed E-state index contributed by atoms with van der Waals surface area (Å²) in [6.45, 7) is 0. The topological polar surface area (TPSA) is 75.7 Å². The molecule has 0 unspecified atom stereocenters. The highest BCUT2D eigenvalue weighted by atomic mass is 19.4. The van der Waals surface area contributed by atoms with Gasteiger partial charge in [0.15, 0.2) is 5.71 Å².